The summed E-state index contributed by atoms with van der Waals surface area (Å²) in [4.78, 5) is 16.7. The van der Waals surface area contributed by atoms with Gasteiger partial charge in [-0.05, 0) is 31.5 Å². The van der Waals surface area contributed by atoms with Gasteiger partial charge in [0.25, 0.3) is 5.91 Å². The summed E-state index contributed by atoms with van der Waals surface area (Å²) in [7, 11) is 0. The van der Waals surface area contributed by atoms with Crippen molar-refractivity contribution in [2.24, 2.45) is 0 Å². The lowest BCUT2D eigenvalue weighted by Crippen LogP contribution is -2.45. The lowest BCUT2D eigenvalue weighted by atomic mass is 10.1. The fraction of sp³-hybridized carbons (Fsp3) is 0.438. The molecule has 6 nitrogen and oxygen atoms in total. The fourth-order valence-electron chi connectivity index (χ4n) is 2.67. The van der Waals surface area contributed by atoms with Crippen molar-refractivity contribution in [3.8, 4) is 5.69 Å². The highest BCUT2D eigenvalue weighted by atomic mass is 16.2. The van der Waals surface area contributed by atoms with E-state index < -0.39 is 0 Å². The molecule has 0 bridgehead atoms. The molecule has 1 atom stereocenters. The predicted molar refractivity (Wildman–Crippen MR) is 84.1 cm³/mol. The number of hydrogen-bond donors (Lipinski definition) is 2. The minimum Gasteiger partial charge on any atom is -0.345 e. The molecule has 1 fully saturated rings. The van der Waals surface area contributed by atoms with Crippen molar-refractivity contribution in [3.05, 3.63) is 42.0 Å². The lowest BCUT2D eigenvalue weighted by Gasteiger charge is -2.23. The van der Waals surface area contributed by atoms with Gasteiger partial charge in [-0.2, -0.15) is 0 Å². The van der Waals surface area contributed by atoms with Gasteiger partial charge in [0.05, 0.1) is 5.69 Å². The van der Waals surface area contributed by atoms with Crippen molar-refractivity contribution < 1.29 is 4.79 Å². The Kier molecular flexibility index (Phi) is 4.48. The molecule has 6 heteroatoms. The van der Waals surface area contributed by atoms with Crippen molar-refractivity contribution in [2.75, 3.05) is 13.1 Å². The molecule has 0 radical (unpaired) electrons. The van der Waals surface area contributed by atoms with E-state index >= 15 is 0 Å². The van der Waals surface area contributed by atoms with Gasteiger partial charge in [0.1, 0.15) is 5.82 Å². The van der Waals surface area contributed by atoms with Gasteiger partial charge < -0.3 is 10.6 Å². The lowest BCUT2D eigenvalue weighted by molar-refractivity contribution is 0.0920. The van der Waals surface area contributed by atoms with Crippen LogP contribution in [0.25, 0.3) is 5.69 Å². The van der Waals surface area contributed by atoms with E-state index in [0.29, 0.717) is 0 Å². The molecule has 1 aromatic heterocycles. The van der Waals surface area contributed by atoms with Crippen LogP contribution >= 0.6 is 0 Å². The first-order valence-corrected chi connectivity index (χ1v) is 7.81. The first kappa shape index (κ1) is 14.7. The van der Waals surface area contributed by atoms with Crippen molar-refractivity contribution in [1.82, 2.24) is 25.4 Å². The average Bonchev–Trinajstić information content (AvgIpc) is 3.01. The second-order valence-corrected chi connectivity index (χ2v) is 5.47. The van der Waals surface area contributed by atoms with Crippen LogP contribution in [0.2, 0.25) is 0 Å². The Hall–Kier alpha value is -2.21. The van der Waals surface area contributed by atoms with E-state index in [1.54, 1.807) is 4.68 Å². The van der Waals surface area contributed by atoms with Gasteiger partial charge in [0.15, 0.2) is 0 Å². The third-order valence-corrected chi connectivity index (χ3v) is 3.83. The van der Waals surface area contributed by atoms with E-state index in [-0.39, 0.29) is 17.8 Å². The van der Waals surface area contributed by atoms with Crippen LogP contribution in [0.4, 0.5) is 0 Å². The van der Waals surface area contributed by atoms with Gasteiger partial charge in [-0.3, -0.25) is 4.79 Å². The molecule has 1 aliphatic rings. The molecule has 2 aromatic rings. The van der Waals surface area contributed by atoms with Crippen molar-refractivity contribution in [2.45, 2.75) is 32.2 Å². The highest BCUT2D eigenvalue weighted by Crippen LogP contribution is 2.11. The molecular formula is C16H21N5O. The van der Waals surface area contributed by atoms with Gasteiger partial charge in [-0.15, -0.1) is 5.10 Å². The zero-order valence-electron chi connectivity index (χ0n) is 12.7. The topological polar surface area (TPSA) is 71.8 Å². The molecule has 0 aliphatic carbocycles. The minimum atomic E-state index is -0.196. The van der Waals surface area contributed by atoms with E-state index in [1.807, 2.05) is 37.3 Å². The SMILES string of the molecule is CCc1nc(C(=O)N[C@H]2CCCNC2)nn1-c1ccccc1. The summed E-state index contributed by atoms with van der Waals surface area (Å²) in [5.74, 6) is 0.836. The van der Waals surface area contributed by atoms with E-state index in [0.717, 1.165) is 43.9 Å². The number of nitrogens with one attached hydrogen (secondary N) is 2. The number of benzene rings is 1. The highest BCUT2D eigenvalue weighted by Gasteiger charge is 2.20. The molecule has 1 aromatic carbocycles. The van der Waals surface area contributed by atoms with Crippen LogP contribution in [0, 0.1) is 0 Å². The van der Waals surface area contributed by atoms with Crippen molar-refractivity contribution in [3.63, 3.8) is 0 Å². The Morgan fingerprint density at radius 2 is 2.23 bits per heavy atom. The summed E-state index contributed by atoms with van der Waals surface area (Å²) >= 11 is 0. The number of carbonyl (C=O) groups is 1. The maximum Gasteiger partial charge on any atom is 0.291 e. The molecule has 3 rings (SSSR count). The molecule has 0 saturated carbocycles. The molecule has 2 N–H and O–H groups in total. The molecule has 1 aliphatic heterocycles. The van der Waals surface area contributed by atoms with Crippen LogP contribution in [-0.4, -0.2) is 39.8 Å². The third-order valence-electron chi connectivity index (χ3n) is 3.83. The van der Waals surface area contributed by atoms with Crippen molar-refractivity contribution >= 4 is 5.91 Å². The van der Waals surface area contributed by atoms with Gasteiger partial charge in [0.2, 0.25) is 5.82 Å². The molecular weight excluding hydrogens is 278 g/mol. The summed E-state index contributed by atoms with van der Waals surface area (Å²) in [6.45, 7) is 3.84. The van der Waals surface area contributed by atoms with E-state index in [9.17, 15) is 4.79 Å². The summed E-state index contributed by atoms with van der Waals surface area (Å²) < 4.78 is 1.74. The molecule has 1 amide bonds. The standard InChI is InChI=1S/C16H21N5O/c1-2-14-19-15(16(22)18-12-7-6-10-17-11-12)20-21(14)13-8-4-3-5-9-13/h3-5,8-9,12,17H,2,6-7,10-11H2,1H3,(H,18,22)/t12-/m0/s1. The van der Waals surface area contributed by atoms with Crippen molar-refractivity contribution in [1.29, 1.82) is 0 Å². The maximum absolute atomic E-state index is 12.3. The molecule has 1 saturated heterocycles. The third kappa shape index (κ3) is 3.17. The summed E-state index contributed by atoms with van der Waals surface area (Å²) in [6, 6.07) is 9.93. The number of aryl methyl sites for hydroxylation is 1. The minimum absolute atomic E-state index is 0.162. The number of carbonyl (C=O) groups excluding carboxylic acids is 1. The van der Waals surface area contributed by atoms with Crippen LogP contribution in [0.3, 0.4) is 0 Å². The number of aromatic nitrogens is 3. The zero-order chi connectivity index (χ0) is 15.4. The van der Waals surface area contributed by atoms with Gasteiger partial charge in [-0.1, -0.05) is 25.1 Å². The molecule has 0 spiro atoms. The number of hydrogen-bond acceptors (Lipinski definition) is 4. The molecule has 22 heavy (non-hydrogen) atoms. The van der Waals surface area contributed by atoms with E-state index in [2.05, 4.69) is 20.7 Å². The zero-order valence-corrected chi connectivity index (χ0v) is 12.7. The summed E-state index contributed by atoms with van der Waals surface area (Å²) in [5.41, 5.74) is 0.922. The number of rotatable bonds is 4. The summed E-state index contributed by atoms with van der Waals surface area (Å²) in [6.07, 6.45) is 2.80. The first-order valence-electron chi connectivity index (χ1n) is 7.81. The van der Waals surface area contributed by atoms with Crippen LogP contribution in [-0.2, 0) is 6.42 Å². The van der Waals surface area contributed by atoms with E-state index in [4.69, 9.17) is 0 Å². The second-order valence-electron chi connectivity index (χ2n) is 5.47. The number of nitrogens with zero attached hydrogens (tertiary/aromatic N) is 3. The predicted octanol–water partition coefficient (Wildman–Crippen LogP) is 1.31. The Labute approximate surface area is 129 Å². The summed E-state index contributed by atoms with van der Waals surface area (Å²) in [5, 5.41) is 10.7. The number of amides is 1. The Balaban J connectivity index is 1.79. The van der Waals surface area contributed by atoms with Crippen LogP contribution in [0.5, 0.6) is 0 Å². The number of piperidine rings is 1. The Morgan fingerprint density at radius 3 is 2.91 bits per heavy atom. The van der Waals surface area contributed by atoms with Gasteiger partial charge in [-0.25, -0.2) is 9.67 Å². The first-order chi connectivity index (χ1) is 10.8. The Morgan fingerprint density at radius 1 is 1.41 bits per heavy atom. The van der Waals surface area contributed by atoms with Gasteiger partial charge >= 0.3 is 0 Å². The van der Waals surface area contributed by atoms with Crippen LogP contribution in [0.1, 0.15) is 36.2 Å². The largest absolute Gasteiger partial charge is 0.345 e. The quantitative estimate of drug-likeness (QED) is 0.893. The van der Waals surface area contributed by atoms with Gasteiger partial charge in [0, 0.05) is 19.0 Å². The fourth-order valence-corrected chi connectivity index (χ4v) is 2.67. The monoisotopic (exact) mass is 299 g/mol. The molecule has 116 valence electrons. The number of para-hydroxylation sites is 1. The van der Waals surface area contributed by atoms with E-state index in [1.165, 1.54) is 0 Å². The highest BCUT2D eigenvalue weighted by molar-refractivity contribution is 5.90. The molecule has 0 unspecified atom stereocenters. The normalized spacial score (nSPS) is 18.1. The van der Waals surface area contributed by atoms with Crippen LogP contribution < -0.4 is 10.6 Å². The second kappa shape index (κ2) is 6.70. The smallest absolute Gasteiger partial charge is 0.291 e. The molecule has 2 heterocycles. The maximum atomic E-state index is 12.3. The van der Waals surface area contributed by atoms with Crippen LogP contribution in [0.15, 0.2) is 30.3 Å². The Bertz CT molecular complexity index is 631. The average molecular weight is 299 g/mol.